The molecule has 2 heterocycles. The van der Waals surface area contributed by atoms with Gasteiger partial charge in [0.15, 0.2) is 0 Å². The molecule has 0 unspecified atom stereocenters. The van der Waals surface area contributed by atoms with E-state index in [-0.39, 0.29) is 18.4 Å². The van der Waals surface area contributed by atoms with Gasteiger partial charge in [-0.1, -0.05) is 29.8 Å². The molecule has 2 N–H and O–H groups in total. The molecule has 29 heavy (non-hydrogen) atoms. The number of anilines is 2. The Morgan fingerprint density at radius 1 is 1.07 bits per heavy atom. The van der Waals surface area contributed by atoms with Crippen molar-refractivity contribution in [1.29, 1.82) is 0 Å². The van der Waals surface area contributed by atoms with Crippen molar-refractivity contribution in [2.45, 2.75) is 0 Å². The van der Waals surface area contributed by atoms with Crippen molar-refractivity contribution in [1.82, 2.24) is 5.32 Å². The Hall–Kier alpha value is -2.61. The molecular weight excluding hydrogens is 410 g/mol. The van der Waals surface area contributed by atoms with E-state index < -0.39 is 0 Å². The minimum Gasteiger partial charge on any atom is -0.378 e. The third-order valence-electron chi connectivity index (χ3n) is 4.68. The molecular formula is C21H20ClN3O3S. The summed E-state index contributed by atoms with van der Waals surface area (Å²) in [5, 5.41) is 6.69. The third-order valence-corrected chi connectivity index (χ3v) is 6.35. The fourth-order valence-electron chi connectivity index (χ4n) is 3.18. The van der Waals surface area contributed by atoms with E-state index in [4.69, 9.17) is 16.3 Å². The molecule has 0 radical (unpaired) electrons. The second-order valence-electron chi connectivity index (χ2n) is 6.62. The predicted molar refractivity (Wildman–Crippen MR) is 117 cm³/mol. The summed E-state index contributed by atoms with van der Waals surface area (Å²) in [6.45, 7) is 3.04. The molecule has 4 rings (SSSR count). The summed E-state index contributed by atoms with van der Waals surface area (Å²) in [6.07, 6.45) is 0. The molecule has 150 valence electrons. The van der Waals surface area contributed by atoms with E-state index >= 15 is 0 Å². The van der Waals surface area contributed by atoms with Gasteiger partial charge in [0.25, 0.3) is 5.91 Å². The molecule has 1 aliphatic heterocycles. The number of carbonyl (C=O) groups is 2. The number of rotatable bonds is 5. The van der Waals surface area contributed by atoms with Gasteiger partial charge in [0.2, 0.25) is 5.91 Å². The number of ether oxygens (including phenoxy) is 1. The Bertz CT molecular complexity index is 1030. The fourth-order valence-corrected chi connectivity index (χ4v) is 4.62. The lowest BCUT2D eigenvalue weighted by atomic mass is 10.2. The molecule has 0 bridgehead atoms. The number of amides is 2. The Labute approximate surface area is 177 Å². The SMILES string of the molecule is O=C(CNC(=O)c1sc2ccccc2c1Cl)Nc1ccc(N2CCOCC2)cc1. The largest absolute Gasteiger partial charge is 0.378 e. The van der Waals surface area contributed by atoms with Crippen LogP contribution in [0.3, 0.4) is 0 Å². The van der Waals surface area contributed by atoms with Crippen LogP contribution >= 0.6 is 22.9 Å². The molecule has 2 aromatic carbocycles. The highest BCUT2D eigenvalue weighted by Crippen LogP contribution is 2.34. The van der Waals surface area contributed by atoms with Gasteiger partial charge >= 0.3 is 0 Å². The molecule has 0 atom stereocenters. The quantitative estimate of drug-likeness (QED) is 0.647. The Balaban J connectivity index is 1.32. The van der Waals surface area contributed by atoms with Crippen LogP contribution in [0.4, 0.5) is 11.4 Å². The monoisotopic (exact) mass is 429 g/mol. The fraction of sp³-hybridized carbons (Fsp3) is 0.238. The number of fused-ring (bicyclic) bond motifs is 1. The number of morpholine rings is 1. The molecule has 0 aliphatic carbocycles. The summed E-state index contributed by atoms with van der Waals surface area (Å²) in [7, 11) is 0. The van der Waals surface area contributed by atoms with Crippen LogP contribution in [0, 0.1) is 0 Å². The van der Waals surface area contributed by atoms with Crippen LogP contribution in [-0.4, -0.2) is 44.7 Å². The van der Waals surface area contributed by atoms with Crippen molar-refractivity contribution >= 4 is 56.2 Å². The number of nitrogens with one attached hydrogen (secondary N) is 2. The summed E-state index contributed by atoms with van der Waals surface area (Å²) in [4.78, 5) is 27.3. The Kier molecular flexibility index (Phi) is 5.99. The van der Waals surface area contributed by atoms with Crippen LogP contribution in [0.25, 0.3) is 10.1 Å². The van der Waals surface area contributed by atoms with Gasteiger partial charge in [0.1, 0.15) is 4.88 Å². The second-order valence-corrected chi connectivity index (χ2v) is 8.05. The van der Waals surface area contributed by atoms with Gasteiger partial charge in [-0.15, -0.1) is 11.3 Å². The van der Waals surface area contributed by atoms with Crippen molar-refractivity contribution in [3.63, 3.8) is 0 Å². The first-order valence-electron chi connectivity index (χ1n) is 9.29. The highest BCUT2D eigenvalue weighted by atomic mass is 35.5. The first kappa shape index (κ1) is 19.7. The lowest BCUT2D eigenvalue weighted by Crippen LogP contribution is -2.36. The molecule has 8 heteroatoms. The van der Waals surface area contributed by atoms with E-state index in [9.17, 15) is 9.59 Å². The van der Waals surface area contributed by atoms with Gasteiger partial charge in [-0.05, 0) is 30.3 Å². The number of carbonyl (C=O) groups excluding carboxylic acids is 2. The summed E-state index contributed by atoms with van der Waals surface area (Å²) in [5.74, 6) is -0.649. The zero-order valence-electron chi connectivity index (χ0n) is 15.6. The number of benzene rings is 2. The number of hydrogen-bond acceptors (Lipinski definition) is 5. The molecule has 0 spiro atoms. The van der Waals surface area contributed by atoms with Crippen LogP contribution < -0.4 is 15.5 Å². The molecule has 1 aromatic heterocycles. The van der Waals surface area contributed by atoms with E-state index in [0.717, 1.165) is 42.1 Å². The van der Waals surface area contributed by atoms with E-state index in [0.29, 0.717) is 15.6 Å². The molecule has 1 aliphatic rings. The highest BCUT2D eigenvalue weighted by Gasteiger charge is 2.17. The van der Waals surface area contributed by atoms with Gasteiger partial charge in [-0.3, -0.25) is 9.59 Å². The lowest BCUT2D eigenvalue weighted by Gasteiger charge is -2.28. The summed E-state index contributed by atoms with van der Waals surface area (Å²) < 4.78 is 6.30. The maximum absolute atomic E-state index is 12.4. The maximum Gasteiger partial charge on any atom is 0.263 e. The Morgan fingerprint density at radius 2 is 1.79 bits per heavy atom. The van der Waals surface area contributed by atoms with E-state index in [1.54, 1.807) is 0 Å². The van der Waals surface area contributed by atoms with Crippen LogP contribution in [0.15, 0.2) is 48.5 Å². The zero-order chi connectivity index (χ0) is 20.2. The number of hydrogen-bond donors (Lipinski definition) is 2. The minimum atomic E-state index is -0.353. The number of thiophene rings is 1. The average Bonchev–Trinajstić information content (AvgIpc) is 3.10. The van der Waals surface area contributed by atoms with Crippen molar-refractivity contribution < 1.29 is 14.3 Å². The van der Waals surface area contributed by atoms with Gasteiger partial charge in [0, 0.05) is 34.6 Å². The molecule has 6 nitrogen and oxygen atoms in total. The first-order valence-corrected chi connectivity index (χ1v) is 10.5. The zero-order valence-corrected chi connectivity index (χ0v) is 17.2. The third kappa shape index (κ3) is 4.53. The molecule has 0 saturated carbocycles. The van der Waals surface area contributed by atoms with Crippen molar-refractivity contribution in [3.8, 4) is 0 Å². The molecule has 1 saturated heterocycles. The van der Waals surface area contributed by atoms with Crippen LogP contribution in [0.2, 0.25) is 5.02 Å². The first-order chi connectivity index (χ1) is 14.1. The van der Waals surface area contributed by atoms with E-state index in [1.807, 2.05) is 48.5 Å². The molecule has 1 fully saturated rings. The number of halogens is 1. The maximum atomic E-state index is 12.4. The topological polar surface area (TPSA) is 70.7 Å². The number of nitrogens with zero attached hydrogens (tertiary/aromatic N) is 1. The summed E-state index contributed by atoms with van der Waals surface area (Å²) in [5.41, 5.74) is 1.78. The smallest absolute Gasteiger partial charge is 0.263 e. The van der Waals surface area contributed by atoms with E-state index in [1.165, 1.54) is 11.3 Å². The van der Waals surface area contributed by atoms with Crippen molar-refractivity contribution in [2.24, 2.45) is 0 Å². The predicted octanol–water partition coefficient (Wildman–Crippen LogP) is 3.76. The van der Waals surface area contributed by atoms with Gasteiger partial charge in [-0.2, -0.15) is 0 Å². The van der Waals surface area contributed by atoms with Crippen molar-refractivity contribution in [3.05, 3.63) is 58.4 Å². The Morgan fingerprint density at radius 3 is 2.52 bits per heavy atom. The highest BCUT2D eigenvalue weighted by molar-refractivity contribution is 7.21. The summed E-state index contributed by atoms with van der Waals surface area (Å²) >= 11 is 7.63. The van der Waals surface area contributed by atoms with Gasteiger partial charge < -0.3 is 20.3 Å². The van der Waals surface area contributed by atoms with Crippen LogP contribution in [0.5, 0.6) is 0 Å². The van der Waals surface area contributed by atoms with Crippen molar-refractivity contribution in [2.75, 3.05) is 43.1 Å². The lowest BCUT2D eigenvalue weighted by molar-refractivity contribution is -0.115. The van der Waals surface area contributed by atoms with Gasteiger partial charge in [0.05, 0.1) is 24.8 Å². The minimum absolute atomic E-state index is 0.130. The van der Waals surface area contributed by atoms with Crippen LogP contribution in [-0.2, 0) is 9.53 Å². The molecule has 2 amide bonds. The van der Waals surface area contributed by atoms with Gasteiger partial charge in [-0.25, -0.2) is 0 Å². The normalized spacial score (nSPS) is 14.0. The van der Waals surface area contributed by atoms with E-state index in [2.05, 4.69) is 15.5 Å². The average molecular weight is 430 g/mol. The summed E-state index contributed by atoms with van der Waals surface area (Å²) in [6, 6.07) is 15.2. The molecule has 3 aromatic rings. The standard InChI is InChI=1S/C21H20ClN3O3S/c22-19-16-3-1-2-4-17(16)29-20(19)21(27)23-13-18(26)24-14-5-7-15(8-6-14)25-9-11-28-12-10-25/h1-8H,9-13H2,(H,23,27)(H,24,26). The van der Waals surface area contributed by atoms with Crippen LogP contribution in [0.1, 0.15) is 9.67 Å². The second kappa shape index (κ2) is 8.82.